The maximum absolute atomic E-state index is 13.2. The number of halogens is 3. The summed E-state index contributed by atoms with van der Waals surface area (Å²) in [4.78, 5) is 14.1. The van der Waals surface area contributed by atoms with Crippen LogP contribution in [0, 0.1) is 16.9 Å². The number of rotatable bonds is 3. The van der Waals surface area contributed by atoms with Crippen LogP contribution >= 0.6 is 0 Å². The van der Waals surface area contributed by atoms with Gasteiger partial charge in [0.1, 0.15) is 5.76 Å². The molecule has 231 valence electrons. The second-order valence-electron chi connectivity index (χ2n) is 12.5. The van der Waals surface area contributed by atoms with E-state index in [1.807, 2.05) is 102 Å². The number of allylic oxidation sites excluding steroid dienone is 2. The fraction of sp³-hybridized carbons (Fsp3) is 0.243. The SMILES string of the molecule is CC(C)(C)C(=[OH+])/C=C(\O)C(C)(C)C.FC(F)(F)c1ccc2ccc3c(-c4[c-]ccc(-c5ccccc5)c4)nccc3c2c1.[Ir]. The molecule has 0 bridgehead atoms. The standard InChI is InChI=1S/C26H15F3N.C11H20O2.Ir/c27-26(28,29)21-11-9-18-10-12-23-22(24(18)16-21)13-14-30-25(23)20-8-4-7-19(15-20)17-5-2-1-3-6-17;1-10(2,3)8(12)7-9(13)11(4,5)6;/h1-7,9-16H;7,12H,1-6H3;/q-1;;/p+1/b;8-7-;. The topological polar surface area (TPSA) is 54.5 Å². The molecule has 5 rings (SSSR count). The van der Waals surface area contributed by atoms with Gasteiger partial charge in [-0.2, -0.15) is 13.2 Å². The van der Waals surface area contributed by atoms with Crippen LogP contribution in [0.25, 0.3) is 43.9 Å². The van der Waals surface area contributed by atoms with Crippen LogP contribution in [0.5, 0.6) is 0 Å². The van der Waals surface area contributed by atoms with Crippen LogP contribution in [-0.4, -0.2) is 20.7 Å². The van der Waals surface area contributed by atoms with Gasteiger partial charge in [-0.15, -0.1) is 35.4 Å². The fourth-order valence-electron chi connectivity index (χ4n) is 4.35. The number of hydrogen-bond donors (Lipinski definition) is 1. The van der Waals surface area contributed by atoms with Crippen molar-refractivity contribution in [1.29, 1.82) is 0 Å². The van der Waals surface area contributed by atoms with Crippen molar-refractivity contribution in [2.75, 3.05) is 0 Å². The normalized spacial score (nSPS) is 12.3. The third kappa shape index (κ3) is 8.22. The van der Waals surface area contributed by atoms with E-state index in [-0.39, 0.29) is 42.5 Å². The molecule has 1 heterocycles. The molecular weight excluding hydrogens is 740 g/mol. The number of fused-ring (bicyclic) bond motifs is 3. The number of alkyl halides is 3. The molecule has 0 atom stereocenters. The molecule has 3 nitrogen and oxygen atoms in total. The molecule has 5 aromatic rings. The van der Waals surface area contributed by atoms with Gasteiger partial charge >= 0.3 is 12.0 Å². The predicted molar refractivity (Wildman–Crippen MR) is 171 cm³/mol. The predicted octanol–water partition coefficient (Wildman–Crippen LogP) is 10.6. The van der Waals surface area contributed by atoms with Gasteiger partial charge in [0, 0.05) is 31.7 Å². The number of benzene rings is 4. The molecule has 0 saturated heterocycles. The number of aliphatic hydroxyl groups is 1. The first-order chi connectivity index (χ1) is 20.1. The summed E-state index contributed by atoms with van der Waals surface area (Å²) in [7, 11) is 0. The Kier molecular flexibility index (Phi) is 10.6. The van der Waals surface area contributed by atoms with E-state index < -0.39 is 11.7 Å². The van der Waals surface area contributed by atoms with Crippen LogP contribution in [0.4, 0.5) is 13.2 Å². The van der Waals surface area contributed by atoms with E-state index in [1.165, 1.54) is 18.2 Å². The van der Waals surface area contributed by atoms with Crippen molar-refractivity contribution in [3.63, 3.8) is 0 Å². The molecule has 44 heavy (non-hydrogen) atoms. The van der Waals surface area contributed by atoms with Gasteiger partial charge in [0.2, 0.25) is 0 Å². The van der Waals surface area contributed by atoms with Crippen molar-refractivity contribution in [1.82, 2.24) is 4.98 Å². The zero-order valence-corrected chi connectivity index (χ0v) is 27.9. The van der Waals surface area contributed by atoms with E-state index >= 15 is 0 Å². The summed E-state index contributed by atoms with van der Waals surface area (Å²) in [6.45, 7) is 11.4. The van der Waals surface area contributed by atoms with Crippen LogP contribution in [0.3, 0.4) is 0 Å². The van der Waals surface area contributed by atoms with Gasteiger partial charge in [-0.1, -0.05) is 69.3 Å². The van der Waals surface area contributed by atoms with Gasteiger partial charge in [-0.25, -0.2) is 0 Å². The quantitative estimate of drug-likeness (QED) is 0.0652. The Balaban J connectivity index is 0.000000324. The molecule has 0 spiro atoms. The second-order valence-corrected chi connectivity index (χ2v) is 12.5. The Hall–Kier alpha value is -3.80. The van der Waals surface area contributed by atoms with Crippen LogP contribution in [-0.2, 0) is 26.3 Å². The van der Waals surface area contributed by atoms with Gasteiger partial charge in [-0.3, -0.25) is 4.79 Å². The molecule has 0 aliphatic rings. The summed E-state index contributed by atoms with van der Waals surface area (Å²) < 4.78 is 39.7. The van der Waals surface area contributed by atoms with Gasteiger partial charge < -0.3 is 10.1 Å². The third-order valence-corrected chi connectivity index (χ3v) is 7.06. The molecule has 0 amide bonds. The summed E-state index contributed by atoms with van der Waals surface area (Å²) in [6, 6.07) is 28.4. The third-order valence-electron chi connectivity index (χ3n) is 7.06. The van der Waals surface area contributed by atoms with E-state index in [2.05, 4.69) is 11.1 Å². The minimum atomic E-state index is -4.38. The van der Waals surface area contributed by atoms with Crippen molar-refractivity contribution in [2.45, 2.75) is 47.7 Å². The monoisotopic (exact) mass is 776 g/mol. The number of aliphatic hydroxyl groups excluding tert-OH is 1. The van der Waals surface area contributed by atoms with E-state index in [0.29, 0.717) is 11.1 Å². The van der Waals surface area contributed by atoms with Crippen LogP contribution < -0.4 is 0 Å². The van der Waals surface area contributed by atoms with Gasteiger partial charge in [-0.05, 0) is 71.8 Å². The van der Waals surface area contributed by atoms with E-state index in [9.17, 15) is 23.1 Å². The average Bonchev–Trinajstić information content (AvgIpc) is 2.96. The van der Waals surface area contributed by atoms with E-state index in [1.54, 1.807) is 12.3 Å². The van der Waals surface area contributed by atoms with Crippen molar-refractivity contribution in [2.24, 2.45) is 10.8 Å². The van der Waals surface area contributed by atoms with Crippen LogP contribution in [0.1, 0.15) is 47.1 Å². The van der Waals surface area contributed by atoms with Crippen LogP contribution in [0.15, 0.2) is 103 Å². The maximum atomic E-state index is 13.2. The number of carbonyl (C=O) groups excluding carboxylic acids is 1. The zero-order valence-electron chi connectivity index (χ0n) is 25.5. The van der Waals surface area contributed by atoms with Crippen molar-refractivity contribution < 1.29 is 43.2 Å². The fourth-order valence-corrected chi connectivity index (χ4v) is 4.35. The molecule has 0 fully saturated rings. The molecule has 7 heteroatoms. The summed E-state index contributed by atoms with van der Waals surface area (Å²) in [5.74, 6) is 0.417. The van der Waals surface area contributed by atoms with Crippen LogP contribution in [0.2, 0.25) is 0 Å². The molecule has 0 saturated carbocycles. The van der Waals surface area contributed by atoms with E-state index in [4.69, 9.17) is 0 Å². The Labute approximate surface area is 270 Å². The van der Waals surface area contributed by atoms with E-state index in [0.717, 1.165) is 38.9 Å². The molecule has 1 aromatic heterocycles. The smallest absolute Gasteiger partial charge is 0.416 e. The number of hydrogen-bond acceptors (Lipinski definition) is 2. The molecule has 1 radical (unpaired) electrons. The van der Waals surface area contributed by atoms with Gasteiger partial charge in [0.25, 0.3) is 0 Å². The molecule has 4 aromatic carbocycles. The Bertz CT molecular complexity index is 1800. The Morgan fingerprint density at radius 3 is 2.05 bits per heavy atom. The maximum Gasteiger partial charge on any atom is 0.416 e. The first kappa shape index (κ1) is 34.7. The minimum Gasteiger partial charge on any atom is -0.511 e. The molecule has 0 aliphatic carbocycles. The Morgan fingerprint density at radius 1 is 0.773 bits per heavy atom. The minimum absolute atomic E-state index is 0. The molecule has 0 unspecified atom stereocenters. The summed E-state index contributed by atoms with van der Waals surface area (Å²) in [6.07, 6.45) is -1.30. The number of ketones is 1. The molecule has 2 N–H and O–H groups in total. The second kappa shape index (κ2) is 13.5. The summed E-state index contributed by atoms with van der Waals surface area (Å²) in [5.41, 5.74) is 2.34. The largest absolute Gasteiger partial charge is 0.511 e. The number of pyridine rings is 1. The average molecular weight is 776 g/mol. The van der Waals surface area contributed by atoms with Crippen molar-refractivity contribution in [3.8, 4) is 22.4 Å². The summed E-state index contributed by atoms with van der Waals surface area (Å²) in [5, 5.41) is 12.5. The first-order valence-electron chi connectivity index (χ1n) is 14.0. The van der Waals surface area contributed by atoms with Crippen molar-refractivity contribution in [3.05, 3.63) is 115 Å². The van der Waals surface area contributed by atoms with Crippen molar-refractivity contribution >= 4 is 27.3 Å². The molecule has 0 aliphatic heterocycles. The number of aromatic nitrogens is 1. The van der Waals surface area contributed by atoms with Gasteiger partial charge in [0.05, 0.1) is 17.1 Å². The number of nitrogens with zero attached hydrogens (tertiary/aromatic N) is 1. The summed E-state index contributed by atoms with van der Waals surface area (Å²) >= 11 is 0. The zero-order chi connectivity index (χ0) is 31.6. The van der Waals surface area contributed by atoms with Gasteiger partial charge in [0.15, 0.2) is 0 Å². The molecular formula is C37H36F3IrNO2. The first-order valence-corrected chi connectivity index (χ1v) is 14.0. The Morgan fingerprint density at radius 2 is 1.43 bits per heavy atom.